The normalized spacial score (nSPS) is 13.6. The number of carbonyl (C=O) groups excluding carboxylic acids is 1. The quantitative estimate of drug-likeness (QED) is 0.822. The molecule has 0 saturated heterocycles. The van der Waals surface area contributed by atoms with Crippen LogP contribution in [0.4, 0.5) is 0 Å². The van der Waals surface area contributed by atoms with Crippen molar-refractivity contribution in [1.29, 1.82) is 0 Å². The van der Waals surface area contributed by atoms with Crippen LogP contribution in [0.5, 0.6) is 0 Å². The van der Waals surface area contributed by atoms with Crippen molar-refractivity contribution in [1.82, 2.24) is 5.32 Å². The molecule has 0 aromatic carbocycles. The summed E-state index contributed by atoms with van der Waals surface area (Å²) in [4.78, 5) is 11.7. The Morgan fingerprint density at radius 3 is 2.44 bits per heavy atom. The summed E-state index contributed by atoms with van der Waals surface area (Å²) in [6.45, 7) is 9.06. The van der Waals surface area contributed by atoms with Gasteiger partial charge in [0.2, 0.25) is 5.91 Å². The highest BCUT2D eigenvalue weighted by molar-refractivity contribution is 5.85. The SMILES string of the molecule is Cc1cc(C(C)NC(=O)C(C)(C)N)c(C)o1. The standard InChI is InChI=1S/C12H20N2O2/c1-7-6-10(9(3)16-7)8(2)14-11(15)12(4,5)13/h6,8H,13H2,1-5H3,(H,14,15). The zero-order valence-corrected chi connectivity index (χ0v) is 10.5. The molecule has 1 atom stereocenters. The van der Waals surface area contributed by atoms with E-state index in [1.54, 1.807) is 13.8 Å². The first kappa shape index (κ1) is 12.8. The average molecular weight is 224 g/mol. The van der Waals surface area contributed by atoms with Crippen molar-refractivity contribution in [3.63, 3.8) is 0 Å². The summed E-state index contributed by atoms with van der Waals surface area (Å²) in [6.07, 6.45) is 0. The second kappa shape index (κ2) is 4.29. The number of hydrogen-bond acceptors (Lipinski definition) is 3. The molecule has 0 aliphatic rings. The summed E-state index contributed by atoms with van der Waals surface area (Å²) in [6, 6.07) is 1.84. The van der Waals surface area contributed by atoms with E-state index < -0.39 is 5.54 Å². The number of nitrogens with two attached hydrogens (primary N) is 1. The van der Waals surface area contributed by atoms with E-state index in [2.05, 4.69) is 5.32 Å². The molecular formula is C12H20N2O2. The summed E-state index contributed by atoms with van der Waals surface area (Å²) in [5.41, 5.74) is 5.85. The second-order valence-electron chi connectivity index (χ2n) is 4.79. The zero-order valence-electron chi connectivity index (χ0n) is 10.5. The molecule has 0 spiro atoms. The van der Waals surface area contributed by atoms with Crippen LogP contribution in [0.3, 0.4) is 0 Å². The van der Waals surface area contributed by atoms with E-state index in [1.165, 1.54) is 0 Å². The van der Waals surface area contributed by atoms with Gasteiger partial charge in [0.05, 0.1) is 11.6 Å². The summed E-state index contributed by atoms with van der Waals surface area (Å²) >= 11 is 0. The van der Waals surface area contributed by atoms with Crippen LogP contribution in [0.2, 0.25) is 0 Å². The van der Waals surface area contributed by atoms with Crippen molar-refractivity contribution >= 4 is 5.91 Å². The first-order valence-corrected chi connectivity index (χ1v) is 5.38. The minimum atomic E-state index is -0.860. The van der Waals surface area contributed by atoms with Crippen LogP contribution in [0.1, 0.15) is 43.9 Å². The Morgan fingerprint density at radius 1 is 1.50 bits per heavy atom. The van der Waals surface area contributed by atoms with Crippen LogP contribution < -0.4 is 11.1 Å². The average Bonchev–Trinajstić information content (AvgIpc) is 2.43. The third-order valence-electron chi connectivity index (χ3n) is 2.48. The Balaban J connectivity index is 2.77. The van der Waals surface area contributed by atoms with Gasteiger partial charge in [0.1, 0.15) is 11.5 Å². The van der Waals surface area contributed by atoms with E-state index >= 15 is 0 Å². The predicted octanol–water partition coefficient (Wildman–Crippen LogP) is 1.81. The van der Waals surface area contributed by atoms with Crippen LogP contribution in [-0.2, 0) is 4.79 Å². The lowest BCUT2D eigenvalue weighted by atomic mass is 10.0. The van der Waals surface area contributed by atoms with Gasteiger partial charge in [-0.2, -0.15) is 0 Å². The Hall–Kier alpha value is -1.29. The van der Waals surface area contributed by atoms with Gasteiger partial charge in [-0.15, -0.1) is 0 Å². The monoisotopic (exact) mass is 224 g/mol. The molecular weight excluding hydrogens is 204 g/mol. The number of furan rings is 1. The number of amides is 1. The molecule has 0 fully saturated rings. The van der Waals surface area contributed by atoms with Crippen molar-refractivity contribution < 1.29 is 9.21 Å². The first-order chi connectivity index (χ1) is 7.21. The molecule has 1 unspecified atom stereocenters. The van der Waals surface area contributed by atoms with Gasteiger partial charge in [0.15, 0.2) is 0 Å². The Morgan fingerprint density at radius 2 is 2.06 bits per heavy atom. The third-order valence-corrected chi connectivity index (χ3v) is 2.48. The zero-order chi connectivity index (χ0) is 12.5. The van der Waals surface area contributed by atoms with Crippen molar-refractivity contribution in [2.24, 2.45) is 5.73 Å². The minimum Gasteiger partial charge on any atom is -0.466 e. The number of hydrogen-bond donors (Lipinski definition) is 2. The number of carbonyl (C=O) groups is 1. The molecule has 90 valence electrons. The van der Waals surface area contributed by atoms with E-state index in [0.717, 1.165) is 17.1 Å². The van der Waals surface area contributed by atoms with Gasteiger partial charge < -0.3 is 15.5 Å². The fourth-order valence-electron chi connectivity index (χ4n) is 1.54. The molecule has 4 heteroatoms. The van der Waals surface area contributed by atoms with Crippen LogP contribution in [0, 0.1) is 13.8 Å². The second-order valence-corrected chi connectivity index (χ2v) is 4.79. The number of rotatable bonds is 3. The van der Waals surface area contributed by atoms with E-state index in [0.29, 0.717) is 0 Å². The topological polar surface area (TPSA) is 68.3 Å². The van der Waals surface area contributed by atoms with Gasteiger partial charge in [-0.05, 0) is 40.7 Å². The van der Waals surface area contributed by atoms with E-state index in [1.807, 2.05) is 26.8 Å². The Bertz CT molecular complexity index is 388. The van der Waals surface area contributed by atoms with Crippen LogP contribution >= 0.6 is 0 Å². The molecule has 0 radical (unpaired) electrons. The van der Waals surface area contributed by atoms with Gasteiger partial charge in [0, 0.05) is 5.56 Å². The Kier molecular flexibility index (Phi) is 3.43. The highest BCUT2D eigenvalue weighted by atomic mass is 16.3. The maximum absolute atomic E-state index is 11.7. The first-order valence-electron chi connectivity index (χ1n) is 5.38. The molecule has 3 N–H and O–H groups in total. The number of nitrogens with one attached hydrogen (secondary N) is 1. The fraction of sp³-hybridized carbons (Fsp3) is 0.583. The number of aryl methyl sites for hydroxylation is 2. The maximum atomic E-state index is 11.7. The summed E-state index contributed by atoms with van der Waals surface area (Å²) < 4.78 is 5.42. The molecule has 1 amide bonds. The van der Waals surface area contributed by atoms with Gasteiger partial charge in [-0.3, -0.25) is 4.79 Å². The molecule has 1 rings (SSSR count). The molecule has 0 aliphatic carbocycles. The lowest BCUT2D eigenvalue weighted by Gasteiger charge is -2.21. The minimum absolute atomic E-state index is 0.0900. The molecule has 0 saturated carbocycles. The fourth-order valence-corrected chi connectivity index (χ4v) is 1.54. The lowest BCUT2D eigenvalue weighted by molar-refractivity contribution is -0.125. The highest BCUT2D eigenvalue weighted by Gasteiger charge is 2.24. The van der Waals surface area contributed by atoms with Gasteiger partial charge in [-0.25, -0.2) is 0 Å². The van der Waals surface area contributed by atoms with E-state index in [4.69, 9.17) is 10.2 Å². The van der Waals surface area contributed by atoms with Crippen LogP contribution in [-0.4, -0.2) is 11.4 Å². The molecule has 16 heavy (non-hydrogen) atoms. The molecule has 0 bridgehead atoms. The summed E-state index contributed by atoms with van der Waals surface area (Å²) in [7, 11) is 0. The van der Waals surface area contributed by atoms with Crippen LogP contribution in [0.15, 0.2) is 10.5 Å². The molecule has 0 aliphatic heterocycles. The summed E-state index contributed by atoms with van der Waals surface area (Å²) in [5, 5.41) is 2.87. The smallest absolute Gasteiger partial charge is 0.239 e. The molecule has 1 heterocycles. The molecule has 1 aromatic rings. The van der Waals surface area contributed by atoms with Crippen LogP contribution in [0.25, 0.3) is 0 Å². The van der Waals surface area contributed by atoms with Gasteiger partial charge >= 0.3 is 0 Å². The third kappa shape index (κ3) is 2.85. The lowest BCUT2D eigenvalue weighted by Crippen LogP contribution is -2.49. The van der Waals surface area contributed by atoms with E-state index in [-0.39, 0.29) is 11.9 Å². The maximum Gasteiger partial charge on any atom is 0.239 e. The van der Waals surface area contributed by atoms with Crippen molar-refractivity contribution in [3.8, 4) is 0 Å². The van der Waals surface area contributed by atoms with Gasteiger partial charge in [-0.1, -0.05) is 0 Å². The predicted molar refractivity (Wildman–Crippen MR) is 63.0 cm³/mol. The van der Waals surface area contributed by atoms with Crippen molar-refractivity contribution in [2.45, 2.75) is 46.2 Å². The van der Waals surface area contributed by atoms with Crippen molar-refractivity contribution in [2.75, 3.05) is 0 Å². The molecule has 4 nitrogen and oxygen atoms in total. The highest BCUT2D eigenvalue weighted by Crippen LogP contribution is 2.21. The largest absolute Gasteiger partial charge is 0.466 e. The molecule has 1 aromatic heterocycles. The van der Waals surface area contributed by atoms with Crippen molar-refractivity contribution in [3.05, 3.63) is 23.2 Å². The van der Waals surface area contributed by atoms with E-state index in [9.17, 15) is 4.79 Å². The summed E-state index contributed by atoms with van der Waals surface area (Å²) in [5.74, 6) is 1.51. The Labute approximate surface area is 96.2 Å². The van der Waals surface area contributed by atoms with Gasteiger partial charge in [0.25, 0.3) is 0 Å².